The van der Waals surface area contributed by atoms with Gasteiger partial charge in [-0.3, -0.25) is 0 Å². The third kappa shape index (κ3) is 8.88. The largest absolute Gasteiger partial charge is 0.491 e. The van der Waals surface area contributed by atoms with Crippen LogP contribution in [-0.4, -0.2) is 33.0 Å². The van der Waals surface area contributed by atoms with Gasteiger partial charge in [0.25, 0.3) is 0 Å². The summed E-state index contributed by atoms with van der Waals surface area (Å²) in [5, 5.41) is 3.35. The number of nitrogens with one attached hydrogen (secondary N) is 1. The van der Waals surface area contributed by atoms with Gasteiger partial charge >= 0.3 is 0 Å². The molecule has 0 radical (unpaired) electrons. The highest BCUT2D eigenvalue weighted by Gasteiger charge is 1.97. The Balaban J connectivity index is 1.49. The first-order chi connectivity index (χ1) is 12.9. The molecule has 0 amide bonds. The van der Waals surface area contributed by atoms with Crippen molar-refractivity contribution < 1.29 is 14.2 Å². The highest BCUT2D eigenvalue weighted by molar-refractivity contribution is 5.59. The molecular weight excluding hydrogens is 326 g/mol. The second kappa shape index (κ2) is 13.2. The summed E-state index contributed by atoms with van der Waals surface area (Å²) in [4.78, 5) is 0. The van der Waals surface area contributed by atoms with Gasteiger partial charge in [-0.1, -0.05) is 44.4 Å². The number of benzene rings is 2. The zero-order valence-electron chi connectivity index (χ0n) is 15.8. The fraction of sp³-hybridized carbons (Fsp3) is 0.455. The lowest BCUT2D eigenvalue weighted by atomic mass is 10.2. The highest BCUT2D eigenvalue weighted by Crippen LogP contribution is 2.19. The van der Waals surface area contributed by atoms with E-state index in [-0.39, 0.29) is 0 Å². The predicted octanol–water partition coefficient (Wildman–Crippen LogP) is 5.42. The summed E-state index contributed by atoms with van der Waals surface area (Å²) in [7, 11) is 0. The number of rotatable bonds is 14. The first kappa shape index (κ1) is 20.3. The summed E-state index contributed by atoms with van der Waals surface area (Å²) in [5.41, 5.74) is 2.11. The van der Waals surface area contributed by atoms with Gasteiger partial charge in [0.05, 0.1) is 19.8 Å². The van der Waals surface area contributed by atoms with Gasteiger partial charge in [0.2, 0.25) is 0 Å². The highest BCUT2D eigenvalue weighted by atomic mass is 16.5. The maximum atomic E-state index is 5.69. The van der Waals surface area contributed by atoms with E-state index in [1.54, 1.807) is 0 Å². The number of hydrogen-bond donors (Lipinski definition) is 1. The minimum Gasteiger partial charge on any atom is -0.491 e. The van der Waals surface area contributed by atoms with Gasteiger partial charge in [0.1, 0.15) is 12.4 Å². The molecule has 2 rings (SSSR count). The standard InChI is InChI=1S/C22H31NO3/c1-2-3-4-8-15-24-16-17-25-18-19-26-22-13-11-21(12-14-22)23-20-9-6-5-7-10-20/h5-7,9-14,23H,2-4,8,15-19H2,1H3. The molecule has 0 atom stereocenters. The van der Waals surface area contributed by atoms with Crippen LogP contribution in [0.1, 0.15) is 32.6 Å². The molecule has 0 unspecified atom stereocenters. The normalized spacial score (nSPS) is 10.7. The molecule has 2 aromatic carbocycles. The van der Waals surface area contributed by atoms with E-state index in [0.717, 1.165) is 30.2 Å². The van der Waals surface area contributed by atoms with Gasteiger partial charge in [0, 0.05) is 18.0 Å². The summed E-state index contributed by atoms with van der Waals surface area (Å²) < 4.78 is 16.7. The third-order valence-corrected chi connectivity index (χ3v) is 3.93. The first-order valence-corrected chi connectivity index (χ1v) is 9.59. The van der Waals surface area contributed by atoms with Crippen LogP contribution in [0, 0.1) is 0 Å². The molecule has 0 bridgehead atoms. The van der Waals surface area contributed by atoms with E-state index in [4.69, 9.17) is 14.2 Å². The van der Waals surface area contributed by atoms with Crippen molar-refractivity contribution in [3.8, 4) is 5.75 Å². The monoisotopic (exact) mass is 357 g/mol. The minimum absolute atomic E-state index is 0.544. The van der Waals surface area contributed by atoms with Gasteiger partial charge in [-0.15, -0.1) is 0 Å². The molecule has 4 heteroatoms. The van der Waals surface area contributed by atoms with Crippen LogP contribution in [0.3, 0.4) is 0 Å². The molecule has 0 saturated heterocycles. The van der Waals surface area contributed by atoms with Crippen molar-refractivity contribution in [2.24, 2.45) is 0 Å². The van der Waals surface area contributed by atoms with E-state index in [9.17, 15) is 0 Å². The van der Waals surface area contributed by atoms with Crippen LogP contribution in [0.4, 0.5) is 11.4 Å². The Morgan fingerprint density at radius 3 is 2.04 bits per heavy atom. The Kier molecular flexibility index (Phi) is 10.3. The molecule has 0 spiro atoms. The van der Waals surface area contributed by atoms with Crippen molar-refractivity contribution in [3.63, 3.8) is 0 Å². The van der Waals surface area contributed by atoms with Crippen LogP contribution in [0.25, 0.3) is 0 Å². The summed E-state index contributed by atoms with van der Waals surface area (Å²) in [6.07, 6.45) is 4.95. The van der Waals surface area contributed by atoms with Gasteiger partial charge < -0.3 is 19.5 Å². The van der Waals surface area contributed by atoms with Crippen molar-refractivity contribution in [1.82, 2.24) is 0 Å². The maximum absolute atomic E-state index is 5.69. The van der Waals surface area contributed by atoms with E-state index >= 15 is 0 Å². The fourth-order valence-corrected chi connectivity index (χ4v) is 2.49. The van der Waals surface area contributed by atoms with Gasteiger partial charge in [-0.25, -0.2) is 0 Å². The third-order valence-electron chi connectivity index (χ3n) is 3.93. The van der Waals surface area contributed by atoms with Crippen molar-refractivity contribution in [2.45, 2.75) is 32.6 Å². The molecule has 0 aliphatic heterocycles. The van der Waals surface area contributed by atoms with Crippen LogP contribution in [0.5, 0.6) is 5.75 Å². The van der Waals surface area contributed by atoms with Gasteiger partial charge in [-0.05, 0) is 42.8 Å². The Labute approximate surface area is 157 Å². The lowest BCUT2D eigenvalue weighted by Gasteiger charge is -2.09. The fourth-order valence-electron chi connectivity index (χ4n) is 2.49. The summed E-state index contributed by atoms with van der Waals surface area (Å²) in [6, 6.07) is 18.0. The van der Waals surface area contributed by atoms with E-state index in [1.165, 1.54) is 19.3 Å². The second-order valence-corrected chi connectivity index (χ2v) is 6.15. The van der Waals surface area contributed by atoms with Crippen molar-refractivity contribution in [1.29, 1.82) is 0 Å². The number of anilines is 2. The Morgan fingerprint density at radius 2 is 1.31 bits per heavy atom. The molecule has 2 aromatic rings. The van der Waals surface area contributed by atoms with E-state index in [2.05, 4.69) is 12.2 Å². The molecule has 1 N–H and O–H groups in total. The average molecular weight is 357 g/mol. The summed E-state index contributed by atoms with van der Waals surface area (Å²) in [6.45, 7) is 5.45. The maximum Gasteiger partial charge on any atom is 0.119 e. The molecule has 0 aromatic heterocycles. The smallest absolute Gasteiger partial charge is 0.119 e. The molecule has 26 heavy (non-hydrogen) atoms. The number of ether oxygens (including phenoxy) is 3. The topological polar surface area (TPSA) is 39.7 Å². The molecule has 4 nitrogen and oxygen atoms in total. The van der Waals surface area contributed by atoms with Crippen LogP contribution in [-0.2, 0) is 9.47 Å². The van der Waals surface area contributed by atoms with Gasteiger partial charge in [0.15, 0.2) is 0 Å². The lowest BCUT2D eigenvalue weighted by molar-refractivity contribution is 0.0352. The molecular formula is C22H31NO3. The zero-order chi connectivity index (χ0) is 18.3. The molecule has 142 valence electrons. The van der Waals surface area contributed by atoms with E-state index in [0.29, 0.717) is 26.4 Å². The zero-order valence-corrected chi connectivity index (χ0v) is 15.8. The molecule has 0 heterocycles. The summed E-state index contributed by atoms with van der Waals surface area (Å²) in [5.74, 6) is 0.847. The first-order valence-electron chi connectivity index (χ1n) is 9.59. The van der Waals surface area contributed by atoms with Crippen molar-refractivity contribution >= 4 is 11.4 Å². The number of hydrogen-bond acceptors (Lipinski definition) is 4. The molecule has 0 fully saturated rings. The van der Waals surface area contributed by atoms with Crippen LogP contribution in [0.2, 0.25) is 0 Å². The van der Waals surface area contributed by atoms with Crippen molar-refractivity contribution in [2.75, 3.05) is 38.4 Å². The molecule has 0 saturated carbocycles. The predicted molar refractivity (Wildman–Crippen MR) is 107 cm³/mol. The SMILES string of the molecule is CCCCCCOCCOCCOc1ccc(Nc2ccccc2)cc1. The Bertz CT molecular complexity index is 572. The molecule has 0 aliphatic carbocycles. The Hall–Kier alpha value is -2.04. The van der Waals surface area contributed by atoms with Crippen LogP contribution < -0.4 is 10.1 Å². The summed E-state index contributed by atoms with van der Waals surface area (Å²) >= 11 is 0. The number of para-hydroxylation sites is 1. The second-order valence-electron chi connectivity index (χ2n) is 6.15. The lowest BCUT2D eigenvalue weighted by Crippen LogP contribution is -2.11. The van der Waals surface area contributed by atoms with Crippen LogP contribution >= 0.6 is 0 Å². The van der Waals surface area contributed by atoms with Crippen molar-refractivity contribution in [3.05, 3.63) is 54.6 Å². The molecule has 0 aliphatic rings. The van der Waals surface area contributed by atoms with Gasteiger partial charge in [-0.2, -0.15) is 0 Å². The van der Waals surface area contributed by atoms with E-state index in [1.807, 2.05) is 54.6 Å². The minimum atomic E-state index is 0.544. The van der Waals surface area contributed by atoms with Crippen LogP contribution in [0.15, 0.2) is 54.6 Å². The quantitative estimate of drug-likeness (QED) is 0.458. The Morgan fingerprint density at radius 1 is 0.654 bits per heavy atom. The average Bonchev–Trinajstić information content (AvgIpc) is 2.68. The number of unbranched alkanes of at least 4 members (excludes halogenated alkanes) is 3. The van der Waals surface area contributed by atoms with E-state index < -0.39 is 0 Å².